The molecule has 5 heteroatoms. The molecule has 0 spiro atoms. The molecule has 1 aromatic rings. The number of anilines is 1. The van der Waals surface area contributed by atoms with Crippen molar-refractivity contribution < 1.29 is 19.4 Å². The van der Waals surface area contributed by atoms with Gasteiger partial charge in [0.25, 0.3) is 0 Å². The number of carboxylic acids is 1. The SMILES string of the molecule is CCN(C(=O)OC(C)(C)C)c1ccccc1C(=O)O. The van der Waals surface area contributed by atoms with Crippen LogP contribution >= 0.6 is 0 Å². The third kappa shape index (κ3) is 3.98. The third-order valence-corrected chi connectivity index (χ3v) is 2.36. The Balaban J connectivity index is 3.10. The standard InChI is InChI=1S/C14H19NO4/c1-5-15(13(18)19-14(2,3)4)11-9-7-6-8-10(11)12(16)17/h6-9H,5H2,1-4H3,(H,16,17). The van der Waals surface area contributed by atoms with Crippen LogP contribution in [0.25, 0.3) is 0 Å². The van der Waals surface area contributed by atoms with Gasteiger partial charge in [-0.15, -0.1) is 0 Å². The average molecular weight is 265 g/mol. The fraction of sp³-hybridized carbons (Fsp3) is 0.429. The Kier molecular flexibility index (Phi) is 4.53. The second kappa shape index (κ2) is 5.73. The summed E-state index contributed by atoms with van der Waals surface area (Å²) >= 11 is 0. The molecular weight excluding hydrogens is 246 g/mol. The van der Waals surface area contributed by atoms with Crippen LogP contribution in [0.15, 0.2) is 24.3 Å². The first-order chi connectivity index (χ1) is 8.76. The Labute approximate surface area is 112 Å². The molecule has 0 fully saturated rings. The smallest absolute Gasteiger partial charge is 0.414 e. The lowest BCUT2D eigenvalue weighted by molar-refractivity contribution is 0.0582. The van der Waals surface area contributed by atoms with E-state index in [0.717, 1.165) is 0 Å². The average Bonchev–Trinajstić information content (AvgIpc) is 2.28. The predicted octanol–water partition coefficient (Wildman–Crippen LogP) is 3.15. The van der Waals surface area contributed by atoms with Crippen LogP contribution in [0.1, 0.15) is 38.1 Å². The molecule has 1 aromatic carbocycles. The lowest BCUT2D eigenvalue weighted by atomic mass is 10.1. The highest BCUT2D eigenvalue weighted by molar-refractivity contribution is 5.99. The van der Waals surface area contributed by atoms with Gasteiger partial charge in [0.05, 0.1) is 11.3 Å². The van der Waals surface area contributed by atoms with Gasteiger partial charge in [0.2, 0.25) is 0 Å². The van der Waals surface area contributed by atoms with Crippen molar-refractivity contribution in [2.24, 2.45) is 0 Å². The number of benzene rings is 1. The van der Waals surface area contributed by atoms with E-state index in [2.05, 4.69) is 0 Å². The Bertz CT molecular complexity index is 477. The summed E-state index contributed by atoms with van der Waals surface area (Å²) in [5, 5.41) is 9.15. The number of aromatic carboxylic acids is 1. The van der Waals surface area contributed by atoms with Gasteiger partial charge in [-0.05, 0) is 39.8 Å². The van der Waals surface area contributed by atoms with Gasteiger partial charge in [0, 0.05) is 6.54 Å². The van der Waals surface area contributed by atoms with Gasteiger partial charge in [0.15, 0.2) is 0 Å². The molecule has 0 aliphatic rings. The molecule has 0 unspecified atom stereocenters. The van der Waals surface area contributed by atoms with E-state index in [1.807, 2.05) is 0 Å². The number of para-hydroxylation sites is 1. The molecule has 0 aromatic heterocycles. The number of hydrogen-bond acceptors (Lipinski definition) is 3. The Morgan fingerprint density at radius 3 is 2.32 bits per heavy atom. The van der Waals surface area contributed by atoms with Crippen molar-refractivity contribution in [1.29, 1.82) is 0 Å². The molecule has 0 heterocycles. The van der Waals surface area contributed by atoms with Gasteiger partial charge in [-0.2, -0.15) is 0 Å². The van der Waals surface area contributed by atoms with Gasteiger partial charge in [0.1, 0.15) is 5.60 Å². The lowest BCUT2D eigenvalue weighted by Crippen LogP contribution is -2.37. The minimum Gasteiger partial charge on any atom is -0.478 e. The van der Waals surface area contributed by atoms with E-state index in [9.17, 15) is 9.59 Å². The molecule has 1 rings (SSSR count). The first-order valence-corrected chi connectivity index (χ1v) is 6.09. The second-order valence-corrected chi connectivity index (χ2v) is 5.05. The zero-order chi connectivity index (χ0) is 14.6. The molecule has 0 atom stereocenters. The van der Waals surface area contributed by atoms with Crippen LogP contribution in [0.5, 0.6) is 0 Å². The first-order valence-electron chi connectivity index (χ1n) is 6.09. The van der Waals surface area contributed by atoms with Crippen LogP contribution in [0, 0.1) is 0 Å². The van der Waals surface area contributed by atoms with E-state index in [1.54, 1.807) is 45.9 Å². The molecule has 0 aliphatic carbocycles. The number of hydrogen-bond donors (Lipinski definition) is 1. The second-order valence-electron chi connectivity index (χ2n) is 5.05. The highest BCUT2D eigenvalue weighted by Gasteiger charge is 2.25. The molecule has 19 heavy (non-hydrogen) atoms. The van der Waals surface area contributed by atoms with Gasteiger partial charge in [-0.3, -0.25) is 4.90 Å². The van der Waals surface area contributed by atoms with Gasteiger partial charge >= 0.3 is 12.1 Å². The number of amides is 1. The van der Waals surface area contributed by atoms with Crippen LogP contribution in [0.4, 0.5) is 10.5 Å². The maximum Gasteiger partial charge on any atom is 0.414 e. The number of carbonyl (C=O) groups excluding carboxylic acids is 1. The summed E-state index contributed by atoms with van der Waals surface area (Å²) in [4.78, 5) is 24.6. The van der Waals surface area contributed by atoms with Crippen LogP contribution in [-0.2, 0) is 4.74 Å². The molecule has 0 saturated heterocycles. The minimum absolute atomic E-state index is 0.0789. The zero-order valence-electron chi connectivity index (χ0n) is 11.6. The highest BCUT2D eigenvalue weighted by atomic mass is 16.6. The van der Waals surface area contributed by atoms with E-state index in [1.165, 1.54) is 11.0 Å². The van der Waals surface area contributed by atoms with Crippen molar-refractivity contribution in [1.82, 2.24) is 0 Å². The summed E-state index contributed by atoms with van der Waals surface area (Å²) in [5.74, 6) is -1.07. The van der Waals surface area contributed by atoms with Crippen molar-refractivity contribution in [2.75, 3.05) is 11.4 Å². The molecular formula is C14H19NO4. The Morgan fingerprint density at radius 1 is 1.26 bits per heavy atom. The molecule has 0 saturated carbocycles. The van der Waals surface area contributed by atoms with Crippen molar-refractivity contribution in [2.45, 2.75) is 33.3 Å². The molecule has 0 radical (unpaired) electrons. The molecule has 0 bridgehead atoms. The summed E-state index contributed by atoms with van der Waals surface area (Å²) in [5.41, 5.74) is -0.204. The molecule has 5 nitrogen and oxygen atoms in total. The van der Waals surface area contributed by atoms with Crippen LogP contribution in [0.3, 0.4) is 0 Å². The van der Waals surface area contributed by atoms with Crippen molar-refractivity contribution in [3.05, 3.63) is 29.8 Å². The minimum atomic E-state index is -1.07. The molecule has 1 N–H and O–H groups in total. The van der Waals surface area contributed by atoms with E-state index in [0.29, 0.717) is 12.2 Å². The van der Waals surface area contributed by atoms with Crippen LogP contribution in [-0.4, -0.2) is 29.3 Å². The monoisotopic (exact) mass is 265 g/mol. The molecule has 0 aliphatic heterocycles. The van der Waals surface area contributed by atoms with E-state index in [4.69, 9.17) is 9.84 Å². The number of ether oxygens (including phenoxy) is 1. The summed E-state index contributed by atoms with van der Waals surface area (Å²) in [6, 6.07) is 6.37. The summed E-state index contributed by atoms with van der Waals surface area (Å²) < 4.78 is 5.27. The number of nitrogens with zero attached hydrogens (tertiary/aromatic N) is 1. The Morgan fingerprint density at radius 2 is 1.84 bits per heavy atom. The predicted molar refractivity (Wildman–Crippen MR) is 72.7 cm³/mol. The van der Waals surface area contributed by atoms with Gasteiger partial charge < -0.3 is 9.84 Å². The number of rotatable bonds is 3. The third-order valence-electron chi connectivity index (χ3n) is 2.36. The summed E-state index contributed by atoms with van der Waals surface area (Å²) in [6.45, 7) is 7.40. The lowest BCUT2D eigenvalue weighted by Gasteiger charge is -2.27. The van der Waals surface area contributed by atoms with Crippen LogP contribution in [0.2, 0.25) is 0 Å². The van der Waals surface area contributed by atoms with Crippen molar-refractivity contribution >= 4 is 17.7 Å². The first kappa shape index (κ1) is 15.0. The van der Waals surface area contributed by atoms with Gasteiger partial charge in [-0.25, -0.2) is 9.59 Å². The van der Waals surface area contributed by atoms with Crippen LogP contribution < -0.4 is 4.90 Å². The van der Waals surface area contributed by atoms with Gasteiger partial charge in [-0.1, -0.05) is 12.1 Å². The number of carbonyl (C=O) groups is 2. The topological polar surface area (TPSA) is 66.8 Å². The normalized spacial score (nSPS) is 10.9. The molecule has 104 valence electrons. The number of carboxylic acid groups (broad SMARTS) is 1. The summed E-state index contributed by atoms with van der Waals surface area (Å²) in [7, 11) is 0. The quantitative estimate of drug-likeness (QED) is 0.911. The van der Waals surface area contributed by atoms with E-state index >= 15 is 0 Å². The fourth-order valence-electron chi connectivity index (χ4n) is 1.60. The zero-order valence-corrected chi connectivity index (χ0v) is 11.6. The largest absolute Gasteiger partial charge is 0.478 e. The maximum absolute atomic E-state index is 12.1. The fourth-order valence-corrected chi connectivity index (χ4v) is 1.60. The Hall–Kier alpha value is -2.04. The van der Waals surface area contributed by atoms with Crippen molar-refractivity contribution in [3.63, 3.8) is 0 Å². The van der Waals surface area contributed by atoms with Crippen molar-refractivity contribution in [3.8, 4) is 0 Å². The van der Waals surface area contributed by atoms with E-state index < -0.39 is 17.7 Å². The van der Waals surface area contributed by atoms with E-state index in [-0.39, 0.29) is 5.56 Å². The summed E-state index contributed by atoms with van der Waals surface area (Å²) in [6.07, 6.45) is -0.552. The maximum atomic E-state index is 12.1. The molecule has 1 amide bonds. The highest BCUT2D eigenvalue weighted by Crippen LogP contribution is 2.22.